The molecule has 5 nitrogen and oxygen atoms in total. The number of alkyl halides is 3. The highest BCUT2D eigenvalue weighted by atomic mass is 19.4. The number of amides is 2. The van der Waals surface area contributed by atoms with Gasteiger partial charge in [0.2, 0.25) is 0 Å². The number of hydrogen-bond donors (Lipinski definition) is 2. The molecule has 0 aliphatic heterocycles. The van der Waals surface area contributed by atoms with E-state index in [2.05, 4.69) is 10.4 Å². The first kappa shape index (κ1) is 22.2. The molecule has 0 radical (unpaired) electrons. The second kappa shape index (κ2) is 8.15. The molecule has 1 aromatic heterocycles. The third-order valence-electron chi connectivity index (χ3n) is 4.91. The molecule has 0 spiro atoms. The number of aromatic nitrogens is 2. The zero-order valence-electron chi connectivity index (χ0n) is 16.6. The van der Waals surface area contributed by atoms with Crippen molar-refractivity contribution in [2.45, 2.75) is 12.7 Å². The van der Waals surface area contributed by atoms with Crippen LogP contribution in [0.2, 0.25) is 0 Å². The Labute approximate surface area is 182 Å². The van der Waals surface area contributed by atoms with E-state index in [9.17, 15) is 31.1 Å². The van der Waals surface area contributed by atoms with Crippen LogP contribution < -0.4 is 11.1 Å². The molecule has 2 amide bonds. The van der Waals surface area contributed by atoms with E-state index in [-0.39, 0.29) is 11.1 Å². The van der Waals surface area contributed by atoms with Gasteiger partial charge in [-0.1, -0.05) is 24.3 Å². The maximum Gasteiger partial charge on any atom is 0.418 e. The lowest BCUT2D eigenvalue weighted by Gasteiger charge is -2.11. The van der Waals surface area contributed by atoms with Crippen molar-refractivity contribution in [3.63, 3.8) is 0 Å². The number of rotatable bonds is 4. The molecule has 0 saturated heterocycles. The van der Waals surface area contributed by atoms with Gasteiger partial charge in [-0.25, -0.2) is 18.0 Å². The number of fused-ring (bicyclic) bond motifs is 1. The van der Waals surface area contributed by atoms with Crippen LogP contribution in [0.4, 0.5) is 36.8 Å². The molecule has 0 atom stereocenters. The molecule has 4 aromatic rings. The number of nitrogens with one attached hydrogen (secondary N) is 1. The average Bonchev–Trinajstić information content (AvgIpc) is 3.08. The number of carbonyl (C=O) groups excluding carboxylic acids is 1. The van der Waals surface area contributed by atoms with Gasteiger partial charge >= 0.3 is 12.2 Å². The summed E-state index contributed by atoms with van der Waals surface area (Å²) in [5, 5.41) is 6.44. The van der Waals surface area contributed by atoms with Gasteiger partial charge in [0.25, 0.3) is 0 Å². The van der Waals surface area contributed by atoms with Crippen LogP contribution >= 0.6 is 0 Å². The van der Waals surface area contributed by atoms with Crippen molar-refractivity contribution >= 4 is 22.6 Å². The molecule has 0 bridgehead atoms. The van der Waals surface area contributed by atoms with Gasteiger partial charge in [-0.3, -0.25) is 4.68 Å². The second-order valence-electron chi connectivity index (χ2n) is 7.12. The van der Waals surface area contributed by atoms with Gasteiger partial charge in [0.1, 0.15) is 23.0 Å². The fourth-order valence-corrected chi connectivity index (χ4v) is 3.53. The number of anilines is 1. The smallest absolute Gasteiger partial charge is 0.351 e. The predicted octanol–water partition coefficient (Wildman–Crippen LogP) is 5.68. The fraction of sp³-hybridized carbons (Fsp3) is 0.0909. The monoisotopic (exact) mass is 464 g/mol. The predicted molar refractivity (Wildman–Crippen MR) is 109 cm³/mol. The standard InChI is InChI=1S/C22H14F6N4O/c23-12-8-17(24)15(18(25)9-12)10-32-20(11-4-6-13(7-5-11)30-21(29)33)14-2-1-3-16(19(14)31-32)22(26,27)28/h1-9H,10H2,(H3,29,30,33). The number of nitrogens with zero attached hydrogens (tertiary/aromatic N) is 2. The largest absolute Gasteiger partial charge is 0.418 e. The molecule has 0 saturated carbocycles. The highest BCUT2D eigenvalue weighted by Crippen LogP contribution is 2.38. The zero-order valence-corrected chi connectivity index (χ0v) is 16.6. The van der Waals surface area contributed by atoms with Crippen LogP contribution in [-0.2, 0) is 12.7 Å². The van der Waals surface area contributed by atoms with Crippen LogP contribution in [0, 0.1) is 17.5 Å². The minimum Gasteiger partial charge on any atom is -0.351 e. The Hall–Kier alpha value is -4.02. The van der Waals surface area contributed by atoms with E-state index in [1.54, 1.807) is 0 Å². The molecular formula is C22H14F6N4O. The maximum absolute atomic E-state index is 14.3. The topological polar surface area (TPSA) is 72.9 Å². The van der Waals surface area contributed by atoms with E-state index in [0.29, 0.717) is 23.4 Å². The van der Waals surface area contributed by atoms with Crippen molar-refractivity contribution in [3.8, 4) is 11.3 Å². The number of carbonyl (C=O) groups is 1. The van der Waals surface area contributed by atoms with Crippen LogP contribution in [0.25, 0.3) is 22.2 Å². The minimum absolute atomic E-state index is 0.0864. The maximum atomic E-state index is 14.3. The van der Waals surface area contributed by atoms with Crippen LogP contribution in [0.3, 0.4) is 0 Å². The van der Waals surface area contributed by atoms with Crippen LogP contribution in [0.5, 0.6) is 0 Å². The third kappa shape index (κ3) is 4.34. The first-order valence-electron chi connectivity index (χ1n) is 9.41. The molecule has 11 heteroatoms. The summed E-state index contributed by atoms with van der Waals surface area (Å²) in [5.41, 5.74) is 3.90. The average molecular weight is 464 g/mol. The lowest BCUT2D eigenvalue weighted by Crippen LogP contribution is -2.19. The van der Waals surface area contributed by atoms with Gasteiger partial charge in [0.15, 0.2) is 0 Å². The summed E-state index contributed by atoms with van der Waals surface area (Å²) in [7, 11) is 0. The molecular weight excluding hydrogens is 450 g/mol. The Bertz CT molecular complexity index is 1340. The van der Waals surface area contributed by atoms with Crippen LogP contribution in [0.15, 0.2) is 54.6 Å². The molecule has 4 rings (SSSR count). The molecule has 0 unspecified atom stereocenters. The van der Waals surface area contributed by atoms with E-state index in [0.717, 1.165) is 10.7 Å². The van der Waals surface area contributed by atoms with E-state index in [4.69, 9.17) is 5.73 Å². The van der Waals surface area contributed by atoms with E-state index in [1.807, 2.05) is 0 Å². The number of benzene rings is 3. The van der Waals surface area contributed by atoms with Crippen LogP contribution in [0.1, 0.15) is 11.1 Å². The Morgan fingerprint density at radius 1 is 1.00 bits per heavy atom. The van der Waals surface area contributed by atoms with Gasteiger partial charge in [-0.15, -0.1) is 0 Å². The van der Waals surface area contributed by atoms with Gasteiger partial charge in [0.05, 0.1) is 17.8 Å². The Morgan fingerprint density at radius 2 is 1.64 bits per heavy atom. The van der Waals surface area contributed by atoms with Crippen molar-refractivity contribution in [3.05, 3.63) is 83.2 Å². The molecule has 0 aliphatic rings. The Kier molecular flexibility index (Phi) is 5.48. The van der Waals surface area contributed by atoms with Gasteiger partial charge in [-0.05, 0) is 18.2 Å². The summed E-state index contributed by atoms with van der Waals surface area (Å²) in [4.78, 5) is 11.0. The first-order valence-corrected chi connectivity index (χ1v) is 9.41. The first-order chi connectivity index (χ1) is 15.5. The molecule has 3 aromatic carbocycles. The molecule has 3 N–H and O–H groups in total. The Balaban J connectivity index is 1.93. The zero-order chi connectivity index (χ0) is 23.9. The third-order valence-corrected chi connectivity index (χ3v) is 4.91. The van der Waals surface area contributed by atoms with E-state index >= 15 is 0 Å². The highest BCUT2D eigenvalue weighted by Gasteiger charge is 2.34. The van der Waals surface area contributed by atoms with Gasteiger partial charge in [0, 0.05) is 34.3 Å². The van der Waals surface area contributed by atoms with Gasteiger partial charge < -0.3 is 11.1 Å². The van der Waals surface area contributed by atoms with Crippen molar-refractivity contribution in [1.29, 1.82) is 0 Å². The lowest BCUT2D eigenvalue weighted by molar-refractivity contribution is -0.136. The normalized spacial score (nSPS) is 11.7. The summed E-state index contributed by atoms with van der Waals surface area (Å²) >= 11 is 0. The van der Waals surface area contributed by atoms with Gasteiger partial charge in [-0.2, -0.15) is 18.3 Å². The Morgan fingerprint density at radius 3 is 2.21 bits per heavy atom. The van der Waals surface area contributed by atoms with Crippen molar-refractivity contribution in [1.82, 2.24) is 9.78 Å². The summed E-state index contributed by atoms with van der Waals surface area (Å²) < 4.78 is 83.6. The highest BCUT2D eigenvalue weighted by molar-refractivity contribution is 5.96. The summed E-state index contributed by atoms with van der Waals surface area (Å²) in [6.07, 6.45) is -4.72. The molecule has 33 heavy (non-hydrogen) atoms. The fourth-order valence-electron chi connectivity index (χ4n) is 3.53. The summed E-state index contributed by atoms with van der Waals surface area (Å²) in [5.74, 6) is -3.53. The number of hydrogen-bond acceptors (Lipinski definition) is 2. The van der Waals surface area contributed by atoms with Crippen molar-refractivity contribution in [2.24, 2.45) is 5.73 Å². The number of primary amides is 1. The minimum atomic E-state index is -4.72. The van der Waals surface area contributed by atoms with E-state index in [1.165, 1.54) is 36.4 Å². The number of nitrogens with two attached hydrogens (primary N) is 1. The van der Waals surface area contributed by atoms with Crippen molar-refractivity contribution < 1.29 is 31.1 Å². The molecule has 0 aliphatic carbocycles. The number of halogens is 6. The van der Waals surface area contributed by atoms with Crippen molar-refractivity contribution in [2.75, 3.05) is 5.32 Å². The summed E-state index contributed by atoms with van der Waals surface area (Å²) in [6.45, 7) is -0.597. The SMILES string of the molecule is NC(=O)Nc1ccc(-c2c3cccc(C(F)(F)F)c3nn2Cc2c(F)cc(F)cc2F)cc1. The van der Waals surface area contributed by atoms with Crippen LogP contribution in [-0.4, -0.2) is 15.8 Å². The summed E-state index contributed by atoms with van der Waals surface area (Å²) in [6, 6.07) is 9.47. The van der Waals surface area contributed by atoms with E-state index < -0.39 is 52.8 Å². The molecule has 0 fully saturated rings. The quantitative estimate of drug-likeness (QED) is 0.382. The molecule has 1 heterocycles. The number of urea groups is 1. The molecule has 170 valence electrons. The lowest BCUT2D eigenvalue weighted by atomic mass is 10.0. The second-order valence-corrected chi connectivity index (χ2v) is 7.12.